The van der Waals surface area contributed by atoms with Crippen molar-refractivity contribution >= 4 is 22.9 Å². The van der Waals surface area contributed by atoms with Crippen LogP contribution in [0.1, 0.15) is 96.8 Å². The number of fused-ring (bicyclic) bond motifs is 1. The molecule has 0 atom stereocenters. The number of benzene rings is 1. The Hall–Kier alpha value is -3.06. The summed E-state index contributed by atoms with van der Waals surface area (Å²) in [4.78, 5) is 22.3. The molecule has 1 N–H and O–H groups in total. The molecular formula is C35H59N5O2. The topological polar surface area (TPSA) is 62.6 Å². The lowest BCUT2D eigenvalue weighted by atomic mass is 10.1. The Morgan fingerprint density at radius 3 is 2.19 bits per heavy atom. The van der Waals surface area contributed by atoms with E-state index in [1.807, 2.05) is 74.6 Å². The first-order valence-electron chi connectivity index (χ1n) is 16.2. The third-order valence-corrected chi connectivity index (χ3v) is 7.16. The fourth-order valence-corrected chi connectivity index (χ4v) is 4.66. The number of nitrogens with zero attached hydrogens (tertiary/aromatic N) is 4. The van der Waals surface area contributed by atoms with Gasteiger partial charge in [0.05, 0.1) is 18.1 Å². The highest BCUT2D eigenvalue weighted by molar-refractivity contribution is 5.97. The minimum absolute atomic E-state index is 0.112. The molecule has 1 aromatic heterocycles. The van der Waals surface area contributed by atoms with E-state index in [1.54, 1.807) is 7.11 Å². The number of nitrogens with one attached hydrogen (secondary N) is 1. The minimum atomic E-state index is 0.112. The average molecular weight is 582 g/mol. The van der Waals surface area contributed by atoms with Crippen molar-refractivity contribution in [3.8, 4) is 0 Å². The highest BCUT2D eigenvalue weighted by Gasteiger charge is 2.17. The van der Waals surface area contributed by atoms with Gasteiger partial charge >= 0.3 is 0 Å². The highest BCUT2D eigenvalue weighted by Crippen LogP contribution is 2.22. The van der Waals surface area contributed by atoms with Crippen LogP contribution in [0.15, 0.2) is 53.8 Å². The summed E-state index contributed by atoms with van der Waals surface area (Å²) in [5, 5.41) is 3.44. The molecule has 236 valence electrons. The maximum absolute atomic E-state index is 13.2. The Morgan fingerprint density at radius 1 is 1.00 bits per heavy atom. The molecule has 7 heteroatoms. The molecule has 1 amide bonds. The number of aromatic nitrogens is 2. The zero-order valence-corrected chi connectivity index (χ0v) is 28.1. The molecule has 0 saturated carbocycles. The lowest BCUT2D eigenvalue weighted by Gasteiger charge is -2.22. The lowest BCUT2D eigenvalue weighted by molar-refractivity contribution is 0.0751. The number of likely N-dealkylation sites (tertiary alicyclic amines) is 1. The van der Waals surface area contributed by atoms with Crippen LogP contribution >= 0.6 is 0 Å². The standard InChI is InChI=1S/C26H36N4O2.C5H11N.2C2H6/c1-5-7-16-30(17-8-6-2)25(31)21-13-15-23-24(18-21)29(3)26(28-23)27-19-20-10-9-11-22(32-4)14-12-20;1-6-4-2-3-5-6;2*1-2/h9,11-15,18H,5-8,10,16-17,19H2,1-4H3,(H,27,28);2-5H2,1H3;2*1-2H3. The summed E-state index contributed by atoms with van der Waals surface area (Å²) in [5.74, 6) is 1.76. The molecule has 1 saturated heterocycles. The van der Waals surface area contributed by atoms with E-state index in [9.17, 15) is 4.79 Å². The van der Waals surface area contributed by atoms with Crippen LogP contribution in [0, 0.1) is 0 Å². The van der Waals surface area contributed by atoms with E-state index in [0.29, 0.717) is 6.54 Å². The average Bonchev–Trinajstić information content (AvgIpc) is 3.56. The number of carbonyl (C=O) groups is 1. The molecule has 4 rings (SSSR count). The van der Waals surface area contributed by atoms with Crippen LogP contribution in [-0.2, 0) is 11.8 Å². The Balaban J connectivity index is 0.000000759. The Morgan fingerprint density at radius 2 is 1.64 bits per heavy atom. The monoisotopic (exact) mass is 581 g/mol. The summed E-state index contributed by atoms with van der Waals surface area (Å²) in [5.41, 5.74) is 3.82. The largest absolute Gasteiger partial charge is 0.497 e. The molecule has 1 aliphatic carbocycles. The Kier molecular flexibility index (Phi) is 19.0. The van der Waals surface area contributed by atoms with Crippen LogP contribution in [-0.4, -0.2) is 72.1 Å². The van der Waals surface area contributed by atoms with Gasteiger partial charge in [-0.2, -0.15) is 0 Å². The molecule has 0 radical (unpaired) electrons. The van der Waals surface area contributed by atoms with Gasteiger partial charge in [-0.3, -0.25) is 4.79 Å². The molecule has 0 spiro atoms. The van der Waals surface area contributed by atoms with Crippen molar-refractivity contribution in [3.05, 3.63) is 59.4 Å². The first kappa shape index (κ1) is 37.0. The van der Waals surface area contributed by atoms with Gasteiger partial charge in [0.25, 0.3) is 5.91 Å². The van der Waals surface area contributed by atoms with Gasteiger partial charge in [-0.05, 0) is 88.2 Å². The molecule has 7 nitrogen and oxygen atoms in total. The number of aryl methyl sites for hydroxylation is 1. The summed E-state index contributed by atoms with van der Waals surface area (Å²) < 4.78 is 7.32. The van der Waals surface area contributed by atoms with E-state index >= 15 is 0 Å². The number of rotatable bonds is 11. The number of amides is 1. The zero-order valence-electron chi connectivity index (χ0n) is 28.1. The minimum Gasteiger partial charge on any atom is -0.497 e. The third-order valence-electron chi connectivity index (χ3n) is 7.16. The van der Waals surface area contributed by atoms with Gasteiger partial charge in [0.2, 0.25) is 5.95 Å². The Bertz CT molecular complexity index is 1120. The van der Waals surface area contributed by atoms with Crippen molar-refractivity contribution in [2.24, 2.45) is 7.05 Å². The molecule has 1 aliphatic heterocycles. The van der Waals surface area contributed by atoms with Gasteiger partial charge in [0.15, 0.2) is 0 Å². The van der Waals surface area contributed by atoms with E-state index < -0.39 is 0 Å². The second-order valence-corrected chi connectivity index (χ2v) is 10.3. The molecule has 2 aliphatic rings. The van der Waals surface area contributed by atoms with Crippen molar-refractivity contribution < 1.29 is 9.53 Å². The molecule has 2 heterocycles. The zero-order chi connectivity index (χ0) is 31.3. The van der Waals surface area contributed by atoms with E-state index in [0.717, 1.165) is 73.5 Å². The number of hydrogen-bond acceptors (Lipinski definition) is 5. The second kappa shape index (κ2) is 21.6. The Labute approximate surface area is 256 Å². The summed E-state index contributed by atoms with van der Waals surface area (Å²) >= 11 is 0. The van der Waals surface area contributed by atoms with Gasteiger partial charge in [-0.25, -0.2) is 4.98 Å². The number of anilines is 1. The molecular weight excluding hydrogens is 522 g/mol. The number of hydrogen-bond donors (Lipinski definition) is 1. The van der Waals surface area contributed by atoms with Crippen LogP contribution in [0.2, 0.25) is 0 Å². The van der Waals surface area contributed by atoms with E-state index in [4.69, 9.17) is 9.72 Å². The van der Waals surface area contributed by atoms with Crippen molar-refractivity contribution in [2.75, 3.05) is 52.2 Å². The van der Waals surface area contributed by atoms with Gasteiger partial charge < -0.3 is 24.4 Å². The SMILES string of the molecule is CC.CC.CCCCN(CCCC)C(=O)c1ccc2nc(NCC3=CC=C(OC)C=CC3)n(C)c2c1.CN1CCCC1. The molecule has 0 unspecified atom stereocenters. The molecule has 1 fully saturated rings. The lowest BCUT2D eigenvalue weighted by Crippen LogP contribution is -2.32. The van der Waals surface area contributed by atoms with Crippen molar-refractivity contribution in [1.29, 1.82) is 0 Å². The van der Waals surface area contributed by atoms with E-state index in [2.05, 4.69) is 43.3 Å². The maximum atomic E-state index is 13.2. The van der Waals surface area contributed by atoms with Crippen LogP contribution < -0.4 is 5.32 Å². The summed E-state index contributed by atoms with van der Waals surface area (Å²) in [6.07, 6.45) is 16.1. The summed E-state index contributed by atoms with van der Waals surface area (Å²) in [7, 11) is 5.84. The predicted molar refractivity (Wildman–Crippen MR) is 181 cm³/mol. The van der Waals surface area contributed by atoms with Gasteiger partial charge in [-0.1, -0.05) is 66.5 Å². The van der Waals surface area contributed by atoms with Crippen molar-refractivity contribution in [2.45, 2.75) is 86.5 Å². The number of allylic oxidation sites excluding steroid dienone is 4. The predicted octanol–water partition coefficient (Wildman–Crippen LogP) is 8.21. The van der Waals surface area contributed by atoms with Crippen LogP contribution in [0.4, 0.5) is 5.95 Å². The number of unbranched alkanes of at least 4 members (excludes halogenated alkanes) is 2. The summed E-state index contributed by atoms with van der Waals surface area (Å²) in [6.45, 7) is 17.3. The fraction of sp³-hybridized carbons (Fsp3) is 0.600. The van der Waals surface area contributed by atoms with E-state index in [-0.39, 0.29) is 5.91 Å². The van der Waals surface area contributed by atoms with Crippen molar-refractivity contribution in [3.63, 3.8) is 0 Å². The van der Waals surface area contributed by atoms with Gasteiger partial charge in [-0.15, -0.1) is 0 Å². The quantitative estimate of drug-likeness (QED) is 0.290. The van der Waals surface area contributed by atoms with Crippen LogP contribution in [0.5, 0.6) is 0 Å². The molecule has 2 aromatic rings. The maximum Gasteiger partial charge on any atom is 0.253 e. The number of imidazole rings is 1. The fourth-order valence-electron chi connectivity index (χ4n) is 4.66. The molecule has 0 bridgehead atoms. The van der Waals surface area contributed by atoms with Crippen LogP contribution in [0.3, 0.4) is 0 Å². The molecule has 42 heavy (non-hydrogen) atoms. The number of methoxy groups -OCH3 is 1. The van der Waals surface area contributed by atoms with E-state index in [1.165, 1.54) is 31.5 Å². The summed E-state index contributed by atoms with van der Waals surface area (Å²) in [6, 6.07) is 5.83. The normalized spacial score (nSPS) is 14.2. The number of ether oxygens (including phenoxy) is 1. The van der Waals surface area contributed by atoms with Crippen LogP contribution in [0.25, 0.3) is 11.0 Å². The third kappa shape index (κ3) is 12.0. The first-order valence-corrected chi connectivity index (χ1v) is 16.2. The van der Waals surface area contributed by atoms with Gasteiger partial charge in [0.1, 0.15) is 5.76 Å². The smallest absolute Gasteiger partial charge is 0.253 e. The number of carbonyl (C=O) groups excluding carboxylic acids is 1. The highest BCUT2D eigenvalue weighted by atomic mass is 16.5. The first-order chi connectivity index (χ1) is 20.5. The second-order valence-electron chi connectivity index (χ2n) is 10.3. The van der Waals surface area contributed by atoms with Gasteiger partial charge in [0, 0.05) is 32.2 Å². The van der Waals surface area contributed by atoms with Crippen molar-refractivity contribution in [1.82, 2.24) is 19.4 Å². The molecule has 1 aromatic carbocycles.